The number of nitrogen functional groups attached to an aromatic ring is 1. The van der Waals surface area contributed by atoms with Crippen LogP contribution in [-0.4, -0.2) is 40.5 Å². The Labute approximate surface area is 103 Å². The number of rotatable bonds is 4. The van der Waals surface area contributed by atoms with Gasteiger partial charge in [0.1, 0.15) is 20.7 Å². The molecule has 0 aliphatic heterocycles. The van der Waals surface area contributed by atoms with Crippen molar-refractivity contribution >= 4 is 33.1 Å². The molecule has 0 aliphatic rings. The Morgan fingerprint density at radius 2 is 2.29 bits per heavy atom. The average molecular weight is 272 g/mol. The largest absolute Gasteiger partial charge is 0.382 e. The zero-order valence-electron chi connectivity index (χ0n) is 9.20. The topological polar surface area (TPSA) is 90.3 Å². The molecule has 6 nitrogen and oxygen atoms in total. The molecule has 8 heteroatoms. The van der Waals surface area contributed by atoms with E-state index >= 15 is 0 Å². The molecule has 0 amide bonds. The van der Waals surface area contributed by atoms with E-state index in [0.717, 1.165) is 0 Å². The van der Waals surface area contributed by atoms with Crippen molar-refractivity contribution in [3.8, 4) is 0 Å². The Kier molecular flexibility index (Phi) is 3.25. The molecule has 2 rings (SSSR count). The number of hydrogen-bond donors (Lipinski definition) is 1. The lowest BCUT2D eigenvalue weighted by atomic mass is 10.6. The van der Waals surface area contributed by atoms with Crippen LogP contribution in [0.15, 0.2) is 23.6 Å². The smallest absolute Gasteiger partial charge is 0.169 e. The molecule has 0 radical (unpaired) electrons. The van der Waals surface area contributed by atoms with Gasteiger partial charge in [0.2, 0.25) is 0 Å². The summed E-state index contributed by atoms with van der Waals surface area (Å²) in [7, 11) is -2.95. The van der Waals surface area contributed by atoms with Crippen LogP contribution >= 0.6 is 11.8 Å². The molecule has 0 aromatic carbocycles. The van der Waals surface area contributed by atoms with Crippen molar-refractivity contribution in [3.63, 3.8) is 0 Å². The third kappa shape index (κ3) is 3.10. The fourth-order valence-electron chi connectivity index (χ4n) is 1.31. The van der Waals surface area contributed by atoms with Gasteiger partial charge in [-0.2, -0.15) is 0 Å². The normalized spacial score (nSPS) is 12.1. The molecule has 0 spiro atoms. The lowest BCUT2D eigenvalue weighted by Gasteiger charge is -2.03. The summed E-state index contributed by atoms with van der Waals surface area (Å²) in [6, 6.07) is 0. The number of nitrogens with two attached hydrogens (primary N) is 1. The quantitative estimate of drug-likeness (QED) is 0.813. The minimum atomic E-state index is -2.95. The number of anilines is 1. The number of nitrogens with zero attached hydrogens (tertiary/aromatic N) is 3. The lowest BCUT2D eigenvalue weighted by Crippen LogP contribution is -2.06. The molecule has 0 aliphatic carbocycles. The van der Waals surface area contributed by atoms with Crippen molar-refractivity contribution in [3.05, 3.63) is 18.6 Å². The predicted molar refractivity (Wildman–Crippen MR) is 67.8 cm³/mol. The first-order valence-corrected chi connectivity index (χ1v) is 7.90. The van der Waals surface area contributed by atoms with E-state index in [2.05, 4.69) is 9.97 Å². The van der Waals surface area contributed by atoms with E-state index in [4.69, 9.17) is 5.73 Å². The van der Waals surface area contributed by atoms with Gasteiger partial charge in [0.15, 0.2) is 5.65 Å². The maximum atomic E-state index is 11.0. The highest BCUT2D eigenvalue weighted by molar-refractivity contribution is 8.00. The molecule has 92 valence electrons. The molecule has 0 atom stereocenters. The summed E-state index contributed by atoms with van der Waals surface area (Å²) in [6.45, 7) is 0. The molecular formula is C9H12N4O2S2. The fourth-order valence-corrected chi connectivity index (χ4v) is 3.50. The van der Waals surface area contributed by atoms with E-state index in [1.165, 1.54) is 18.0 Å². The Morgan fingerprint density at radius 3 is 3.00 bits per heavy atom. The molecule has 2 heterocycles. The maximum Gasteiger partial charge on any atom is 0.169 e. The van der Waals surface area contributed by atoms with Crippen molar-refractivity contribution in [1.29, 1.82) is 0 Å². The zero-order valence-corrected chi connectivity index (χ0v) is 10.8. The van der Waals surface area contributed by atoms with E-state index in [0.29, 0.717) is 22.2 Å². The second-order valence-corrected chi connectivity index (χ2v) is 6.95. The highest BCUT2D eigenvalue weighted by Crippen LogP contribution is 2.21. The Hall–Kier alpha value is -1.28. The van der Waals surface area contributed by atoms with E-state index in [1.54, 1.807) is 23.0 Å². The van der Waals surface area contributed by atoms with Gasteiger partial charge in [0.05, 0.1) is 11.9 Å². The summed E-state index contributed by atoms with van der Waals surface area (Å²) in [4.78, 5) is 8.31. The van der Waals surface area contributed by atoms with Crippen molar-refractivity contribution in [1.82, 2.24) is 14.4 Å². The maximum absolute atomic E-state index is 11.0. The van der Waals surface area contributed by atoms with Crippen molar-refractivity contribution in [2.75, 3.05) is 23.5 Å². The van der Waals surface area contributed by atoms with Crippen molar-refractivity contribution in [2.24, 2.45) is 0 Å². The Bertz CT molecular complexity index is 635. The average Bonchev–Trinajstić information content (AvgIpc) is 2.63. The van der Waals surface area contributed by atoms with Crippen LogP contribution in [0.5, 0.6) is 0 Å². The van der Waals surface area contributed by atoms with Crippen LogP contribution in [0.2, 0.25) is 0 Å². The van der Waals surface area contributed by atoms with Gasteiger partial charge in [-0.3, -0.25) is 0 Å². The van der Waals surface area contributed by atoms with Crippen LogP contribution in [0, 0.1) is 0 Å². The van der Waals surface area contributed by atoms with E-state index in [1.807, 2.05) is 0 Å². The first-order valence-electron chi connectivity index (χ1n) is 4.85. The molecule has 0 saturated carbocycles. The minimum Gasteiger partial charge on any atom is -0.382 e. The Morgan fingerprint density at radius 1 is 1.53 bits per heavy atom. The molecule has 2 aromatic heterocycles. The van der Waals surface area contributed by atoms with Gasteiger partial charge < -0.3 is 10.1 Å². The van der Waals surface area contributed by atoms with E-state index in [9.17, 15) is 8.42 Å². The third-order valence-electron chi connectivity index (χ3n) is 2.05. The van der Waals surface area contributed by atoms with E-state index in [-0.39, 0.29) is 5.75 Å². The number of aromatic nitrogens is 3. The van der Waals surface area contributed by atoms with Crippen molar-refractivity contribution < 1.29 is 8.42 Å². The summed E-state index contributed by atoms with van der Waals surface area (Å²) in [6.07, 6.45) is 6.31. The van der Waals surface area contributed by atoms with Crippen LogP contribution in [0.3, 0.4) is 0 Å². The molecular weight excluding hydrogens is 260 g/mol. The van der Waals surface area contributed by atoms with Crippen LogP contribution in [0.1, 0.15) is 0 Å². The standard InChI is InChI=1S/C9H12N4O2S2/c1-17(14,15)5-4-16-9-8-11-2-3-13(8)6-7(10)12-9/h2-3,6H,4-5,10H2,1H3. The van der Waals surface area contributed by atoms with Crippen LogP contribution < -0.4 is 5.73 Å². The second-order valence-electron chi connectivity index (χ2n) is 3.61. The van der Waals surface area contributed by atoms with Gasteiger partial charge in [0.25, 0.3) is 0 Å². The molecule has 2 aromatic rings. The molecule has 0 saturated heterocycles. The fraction of sp³-hybridized carbons (Fsp3) is 0.333. The summed E-state index contributed by atoms with van der Waals surface area (Å²) >= 11 is 1.34. The first-order chi connectivity index (χ1) is 7.96. The van der Waals surface area contributed by atoms with Gasteiger partial charge in [-0.05, 0) is 0 Å². The van der Waals surface area contributed by atoms with Crippen LogP contribution in [0.4, 0.5) is 5.82 Å². The SMILES string of the molecule is CS(=O)(=O)CCSc1nc(N)cn2ccnc12. The zero-order chi connectivity index (χ0) is 12.5. The monoisotopic (exact) mass is 272 g/mol. The van der Waals surface area contributed by atoms with Gasteiger partial charge in [-0.25, -0.2) is 18.4 Å². The minimum absolute atomic E-state index is 0.112. The predicted octanol–water partition coefficient (Wildman–Crippen LogP) is 0.448. The van der Waals surface area contributed by atoms with Crippen LogP contribution in [0.25, 0.3) is 5.65 Å². The van der Waals surface area contributed by atoms with Gasteiger partial charge >= 0.3 is 0 Å². The summed E-state index contributed by atoms with van der Waals surface area (Å²) < 4.78 is 23.8. The van der Waals surface area contributed by atoms with E-state index < -0.39 is 9.84 Å². The van der Waals surface area contributed by atoms with Crippen LogP contribution in [-0.2, 0) is 9.84 Å². The molecule has 0 unspecified atom stereocenters. The molecule has 2 N–H and O–H groups in total. The highest BCUT2D eigenvalue weighted by atomic mass is 32.2. The van der Waals surface area contributed by atoms with Crippen molar-refractivity contribution in [2.45, 2.75) is 5.03 Å². The summed E-state index contributed by atoms with van der Waals surface area (Å²) in [5.41, 5.74) is 6.34. The number of sulfone groups is 1. The molecule has 0 bridgehead atoms. The van der Waals surface area contributed by atoms with Gasteiger partial charge in [-0.1, -0.05) is 0 Å². The van der Waals surface area contributed by atoms with Gasteiger partial charge in [-0.15, -0.1) is 11.8 Å². The lowest BCUT2D eigenvalue weighted by molar-refractivity contribution is 0.603. The Balaban J connectivity index is 2.20. The summed E-state index contributed by atoms with van der Waals surface area (Å²) in [5, 5.41) is 0.652. The number of imidazole rings is 1. The number of hydrogen-bond acceptors (Lipinski definition) is 6. The number of fused-ring (bicyclic) bond motifs is 1. The van der Waals surface area contributed by atoms with Gasteiger partial charge in [0, 0.05) is 24.4 Å². The first kappa shape index (κ1) is 12.2. The third-order valence-corrected chi connectivity index (χ3v) is 4.21. The highest BCUT2D eigenvalue weighted by Gasteiger charge is 2.08. The second kappa shape index (κ2) is 4.53. The number of thioether (sulfide) groups is 1. The molecule has 0 fully saturated rings. The summed E-state index contributed by atoms with van der Waals surface area (Å²) in [5.74, 6) is 0.941. The molecule has 17 heavy (non-hydrogen) atoms.